The largest absolute Gasteiger partial charge is 0.424 e. The standard InChI is InChI=1S/C9H17N3O/c1-7-11-12-8(13-7)5-10-6-9(2,3)4/h10H,5-6H2,1-4H3. The van der Waals surface area contributed by atoms with E-state index in [0.717, 1.165) is 6.54 Å². The van der Waals surface area contributed by atoms with Crippen molar-refractivity contribution in [3.05, 3.63) is 11.8 Å². The number of rotatable bonds is 3. The summed E-state index contributed by atoms with van der Waals surface area (Å²) >= 11 is 0. The topological polar surface area (TPSA) is 51.0 Å². The Morgan fingerprint density at radius 1 is 1.31 bits per heavy atom. The minimum absolute atomic E-state index is 0.287. The summed E-state index contributed by atoms with van der Waals surface area (Å²) < 4.78 is 5.21. The fourth-order valence-electron chi connectivity index (χ4n) is 0.953. The lowest BCUT2D eigenvalue weighted by atomic mass is 9.97. The molecule has 1 rings (SSSR count). The molecule has 4 heteroatoms. The van der Waals surface area contributed by atoms with Crippen molar-refractivity contribution in [2.75, 3.05) is 6.54 Å². The first-order chi connectivity index (χ1) is 5.97. The van der Waals surface area contributed by atoms with Crippen LogP contribution in [0.1, 0.15) is 32.6 Å². The van der Waals surface area contributed by atoms with Gasteiger partial charge in [-0.3, -0.25) is 0 Å². The van der Waals surface area contributed by atoms with Gasteiger partial charge in [-0.25, -0.2) is 0 Å². The molecule has 0 atom stereocenters. The summed E-state index contributed by atoms with van der Waals surface area (Å²) in [5.41, 5.74) is 0.287. The van der Waals surface area contributed by atoms with Crippen LogP contribution in [0.15, 0.2) is 4.42 Å². The Bertz CT molecular complexity index is 262. The van der Waals surface area contributed by atoms with E-state index < -0.39 is 0 Å². The van der Waals surface area contributed by atoms with E-state index >= 15 is 0 Å². The Kier molecular flexibility index (Phi) is 3.03. The second kappa shape index (κ2) is 3.87. The summed E-state index contributed by atoms with van der Waals surface area (Å²) in [6.45, 7) is 9.92. The molecule has 13 heavy (non-hydrogen) atoms. The fourth-order valence-corrected chi connectivity index (χ4v) is 0.953. The zero-order valence-electron chi connectivity index (χ0n) is 8.72. The van der Waals surface area contributed by atoms with Gasteiger partial charge in [0.1, 0.15) is 0 Å². The number of aryl methyl sites for hydroxylation is 1. The molecule has 0 aliphatic rings. The van der Waals surface area contributed by atoms with Crippen LogP contribution in [0.5, 0.6) is 0 Å². The van der Waals surface area contributed by atoms with Gasteiger partial charge in [0.2, 0.25) is 11.8 Å². The van der Waals surface area contributed by atoms with Crippen LogP contribution in [0.4, 0.5) is 0 Å². The zero-order chi connectivity index (χ0) is 9.90. The van der Waals surface area contributed by atoms with Crippen molar-refractivity contribution in [3.8, 4) is 0 Å². The SMILES string of the molecule is Cc1nnc(CNCC(C)(C)C)o1. The van der Waals surface area contributed by atoms with E-state index in [2.05, 4.69) is 36.3 Å². The van der Waals surface area contributed by atoms with E-state index in [1.807, 2.05) is 0 Å². The minimum atomic E-state index is 0.287. The van der Waals surface area contributed by atoms with E-state index in [9.17, 15) is 0 Å². The maximum atomic E-state index is 5.21. The normalized spacial score (nSPS) is 12.0. The molecule has 1 heterocycles. The molecule has 0 unspecified atom stereocenters. The average molecular weight is 183 g/mol. The molecule has 0 saturated carbocycles. The molecule has 0 spiro atoms. The summed E-state index contributed by atoms with van der Waals surface area (Å²) in [5, 5.41) is 10.9. The quantitative estimate of drug-likeness (QED) is 0.771. The first-order valence-corrected chi connectivity index (χ1v) is 4.47. The van der Waals surface area contributed by atoms with E-state index in [4.69, 9.17) is 4.42 Å². The average Bonchev–Trinajstić information content (AvgIpc) is 2.33. The van der Waals surface area contributed by atoms with Crippen molar-refractivity contribution < 1.29 is 4.42 Å². The van der Waals surface area contributed by atoms with Gasteiger partial charge in [-0.15, -0.1) is 10.2 Å². The first-order valence-electron chi connectivity index (χ1n) is 4.47. The van der Waals surface area contributed by atoms with Crippen LogP contribution in [-0.4, -0.2) is 16.7 Å². The second-order valence-electron chi connectivity index (χ2n) is 4.38. The summed E-state index contributed by atoms with van der Waals surface area (Å²) in [6, 6.07) is 0. The maximum absolute atomic E-state index is 5.21. The predicted octanol–water partition coefficient (Wildman–Crippen LogP) is 1.51. The first kappa shape index (κ1) is 10.2. The lowest BCUT2D eigenvalue weighted by molar-refractivity contribution is 0.361. The Morgan fingerprint density at radius 2 is 2.00 bits per heavy atom. The fraction of sp³-hybridized carbons (Fsp3) is 0.778. The maximum Gasteiger partial charge on any atom is 0.230 e. The lowest BCUT2D eigenvalue weighted by Crippen LogP contribution is -2.26. The van der Waals surface area contributed by atoms with Crippen molar-refractivity contribution in [2.45, 2.75) is 34.2 Å². The Morgan fingerprint density at radius 3 is 2.46 bits per heavy atom. The van der Waals surface area contributed by atoms with Gasteiger partial charge in [0.15, 0.2) is 0 Å². The van der Waals surface area contributed by atoms with Gasteiger partial charge in [-0.05, 0) is 5.41 Å². The van der Waals surface area contributed by atoms with Gasteiger partial charge >= 0.3 is 0 Å². The second-order valence-corrected chi connectivity index (χ2v) is 4.38. The van der Waals surface area contributed by atoms with Crippen molar-refractivity contribution in [1.29, 1.82) is 0 Å². The summed E-state index contributed by atoms with van der Waals surface area (Å²) in [7, 11) is 0. The molecule has 74 valence electrons. The zero-order valence-corrected chi connectivity index (χ0v) is 8.72. The molecule has 0 aromatic carbocycles. The van der Waals surface area contributed by atoms with Gasteiger partial charge in [0.05, 0.1) is 6.54 Å². The van der Waals surface area contributed by atoms with Gasteiger partial charge in [-0.2, -0.15) is 0 Å². The van der Waals surface area contributed by atoms with E-state index in [1.165, 1.54) is 0 Å². The van der Waals surface area contributed by atoms with Crippen LogP contribution in [0.2, 0.25) is 0 Å². The van der Waals surface area contributed by atoms with Crippen molar-refractivity contribution in [1.82, 2.24) is 15.5 Å². The van der Waals surface area contributed by atoms with E-state index in [1.54, 1.807) is 6.92 Å². The molecule has 1 aromatic rings. The highest BCUT2D eigenvalue weighted by molar-refractivity contribution is 4.78. The van der Waals surface area contributed by atoms with Crippen LogP contribution in [-0.2, 0) is 6.54 Å². The van der Waals surface area contributed by atoms with Crippen LogP contribution >= 0.6 is 0 Å². The molecular weight excluding hydrogens is 166 g/mol. The number of hydrogen-bond donors (Lipinski definition) is 1. The van der Waals surface area contributed by atoms with Crippen LogP contribution in [0.25, 0.3) is 0 Å². The molecule has 0 saturated heterocycles. The van der Waals surface area contributed by atoms with Gasteiger partial charge < -0.3 is 9.73 Å². The molecule has 1 aromatic heterocycles. The molecule has 0 aliphatic heterocycles. The molecule has 0 aliphatic carbocycles. The highest BCUT2D eigenvalue weighted by atomic mass is 16.4. The third-order valence-corrected chi connectivity index (χ3v) is 1.50. The lowest BCUT2D eigenvalue weighted by Gasteiger charge is -2.17. The molecule has 0 radical (unpaired) electrons. The molecule has 4 nitrogen and oxygen atoms in total. The third kappa shape index (κ3) is 4.03. The Balaban J connectivity index is 2.28. The van der Waals surface area contributed by atoms with E-state index in [0.29, 0.717) is 18.3 Å². The van der Waals surface area contributed by atoms with Crippen molar-refractivity contribution in [3.63, 3.8) is 0 Å². The van der Waals surface area contributed by atoms with Gasteiger partial charge in [0.25, 0.3) is 0 Å². The predicted molar refractivity (Wildman–Crippen MR) is 50.2 cm³/mol. The number of nitrogens with zero attached hydrogens (tertiary/aromatic N) is 2. The van der Waals surface area contributed by atoms with Crippen LogP contribution in [0.3, 0.4) is 0 Å². The highest BCUT2D eigenvalue weighted by Gasteiger charge is 2.10. The minimum Gasteiger partial charge on any atom is -0.424 e. The third-order valence-electron chi connectivity index (χ3n) is 1.50. The van der Waals surface area contributed by atoms with Gasteiger partial charge in [-0.1, -0.05) is 20.8 Å². The summed E-state index contributed by atoms with van der Waals surface area (Å²) in [6.07, 6.45) is 0. The monoisotopic (exact) mass is 183 g/mol. The molecule has 0 bridgehead atoms. The van der Waals surface area contributed by atoms with Gasteiger partial charge in [0, 0.05) is 13.5 Å². The Labute approximate surface area is 78.7 Å². The highest BCUT2D eigenvalue weighted by Crippen LogP contribution is 2.10. The molecule has 1 N–H and O–H groups in total. The number of aromatic nitrogens is 2. The van der Waals surface area contributed by atoms with Crippen LogP contribution < -0.4 is 5.32 Å². The summed E-state index contributed by atoms with van der Waals surface area (Å²) in [4.78, 5) is 0. The van der Waals surface area contributed by atoms with Crippen LogP contribution in [0, 0.1) is 12.3 Å². The smallest absolute Gasteiger partial charge is 0.230 e. The van der Waals surface area contributed by atoms with Crippen molar-refractivity contribution >= 4 is 0 Å². The molecule has 0 amide bonds. The Hall–Kier alpha value is -0.900. The summed E-state index contributed by atoms with van der Waals surface area (Å²) in [5.74, 6) is 1.27. The van der Waals surface area contributed by atoms with E-state index in [-0.39, 0.29) is 5.41 Å². The molecular formula is C9H17N3O. The number of nitrogens with one attached hydrogen (secondary N) is 1. The number of hydrogen-bond acceptors (Lipinski definition) is 4. The van der Waals surface area contributed by atoms with Crippen molar-refractivity contribution in [2.24, 2.45) is 5.41 Å². The molecule has 0 fully saturated rings.